The van der Waals surface area contributed by atoms with Crippen molar-refractivity contribution >= 4 is 8.32 Å². The van der Waals surface area contributed by atoms with Crippen molar-refractivity contribution in [1.82, 2.24) is 0 Å². The van der Waals surface area contributed by atoms with E-state index < -0.39 is 14.4 Å². The highest BCUT2D eigenvalue weighted by Crippen LogP contribution is 2.38. The fourth-order valence-electron chi connectivity index (χ4n) is 2.14. The Labute approximate surface area is 137 Å². The number of hydrogen-bond donors (Lipinski definition) is 1. The molecular formula is C19H32O2Si. The summed E-state index contributed by atoms with van der Waals surface area (Å²) in [6.45, 7) is 17.4. The van der Waals surface area contributed by atoms with E-state index in [1.165, 1.54) is 0 Å². The molecule has 0 heterocycles. The van der Waals surface area contributed by atoms with Crippen LogP contribution in [0.3, 0.4) is 0 Å². The largest absolute Gasteiger partial charge is 0.410 e. The van der Waals surface area contributed by atoms with Gasteiger partial charge in [-0.15, -0.1) is 0 Å². The van der Waals surface area contributed by atoms with E-state index in [1.807, 2.05) is 30.3 Å². The number of benzene rings is 1. The van der Waals surface area contributed by atoms with Gasteiger partial charge in [-0.2, -0.15) is 0 Å². The monoisotopic (exact) mass is 320 g/mol. The van der Waals surface area contributed by atoms with Crippen LogP contribution in [-0.2, 0) is 10.8 Å². The Bertz CT molecular complexity index is 474. The molecular weight excluding hydrogens is 288 g/mol. The van der Waals surface area contributed by atoms with Gasteiger partial charge >= 0.3 is 0 Å². The van der Waals surface area contributed by atoms with Crippen LogP contribution in [0.25, 0.3) is 0 Å². The molecule has 1 rings (SSSR count). The van der Waals surface area contributed by atoms with E-state index in [2.05, 4.69) is 47.4 Å². The Kier molecular flexibility index (Phi) is 6.60. The lowest BCUT2D eigenvalue weighted by Gasteiger charge is -2.40. The van der Waals surface area contributed by atoms with Gasteiger partial charge in [-0.3, -0.25) is 0 Å². The minimum absolute atomic E-state index is 0.0698. The molecule has 2 nitrogen and oxygen atoms in total. The third kappa shape index (κ3) is 5.08. The van der Waals surface area contributed by atoms with E-state index >= 15 is 0 Å². The van der Waals surface area contributed by atoms with E-state index in [0.717, 1.165) is 17.6 Å². The van der Waals surface area contributed by atoms with E-state index in [9.17, 15) is 5.11 Å². The van der Waals surface area contributed by atoms with Crippen LogP contribution in [0.5, 0.6) is 0 Å². The fraction of sp³-hybridized carbons (Fsp3) is 0.579. The first-order chi connectivity index (χ1) is 10.1. The predicted molar refractivity (Wildman–Crippen MR) is 97.7 cm³/mol. The zero-order chi connectivity index (χ0) is 17.0. The van der Waals surface area contributed by atoms with Crippen molar-refractivity contribution in [2.24, 2.45) is 0 Å². The Balaban J connectivity index is 2.76. The van der Waals surface area contributed by atoms with E-state index in [4.69, 9.17) is 4.43 Å². The maximum Gasteiger partial charge on any atom is 0.192 e. The maximum atomic E-state index is 10.5. The summed E-state index contributed by atoms with van der Waals surface area (Å²) in [4.78, 5) is 0. The van der Waals surface area contributed by atoms with Crippen LogP contribution in [0, 0.1) is 0 Å². The van der Waals surface area contributed by atoms with Crippen molar-refractivity contribution in [2.75, 3.05) is 0 Å². The van der Waals surface area contributed by atoms with Gasteiger partial charge in [0.15, 0.2) is 8.32 Å². The summed E-state index contributed by atoms with van der Waals surface area (Å²) in [7, 11) is -1.86. The molecule has 2 atom stereocenters. The van der Waals surface area contributed by atoms with Gasteiger partial charge in [-0.25, -0.2) is 0 Å². The van der Waals surface area contributed by atoms with Crippen molar-refractivity contribution < 1.29 is 9.53 Å². The highest BCUT2D eigenvalue weighted by atomic mass is 28.4. The van der Waals surface area contributed by atoms with Crippen LogP contribution in [0.2, 0.25) is 18.1 Å². The second kappa shape index (κ2) is 7.58. The molecule has 0 saturated heterocycles. The Hall–Kier alpha value is -0.903. The molecule has 0 amide bonds. The van der Waals surface area contributed by atoms with Crippen molar-refractivity contribution in [3.05, 3.63) is 48.0 Å². The Morgan fingerprint density at radius 2 is 1.77 bits per heavy atom. The van der Waals surface area contributed by atoms with Crippen LogP contribution in [0.4, 0.5) is 0 Å². The minimum Gasteiger partial charge on any atom is -0.410 e. The molecule has 0 saturated carbocycles. The molecule has 2 unspecified atom stereocenters. The zero-order valence-electron chi connectivity index (χ0n) is 15.0. The van der Waals surface area contributed by atoms with Gasteiger partial charge < -0.3 is 9.53 Å². The van der Waals surface area contributed by atoms with Crippen molar-refractivity contribution in [1.29, 1.82) is 0 Å². The normalized spacial score (nSPS) is 15.4. The summed E-state index contributed by atoms with van der Waals surface area (Å²) in [6, 6.07) is 10.0. The molecule has 1 N–H and O–H groups in total. The molecule has 0 aliphatic heterocycles. The van der Waals surface area contributed by atoms with Gasteiger partial charge in [0.05, 0.1) is 12.2 Å². The van der Waals surface area contributed by atoms with E-state index in [-0.39, 0.29) is 11.1 Å². The first-order valence-electron chi connectivity index (χ1n) is 8.17. The molecule has 0 bridgehead atoms. The van der Waals surface area contributed by atoms with E-state index in [1.54, 1.807) is 0 Å². The highest BCUT2D eigenvalue weighted by molar-refractivity contribution is 6.74. The lowest BCUT2D eigenvalue weighted by Crippen LogP contribution is -2.45. The molecule has 124 valence electrons. The average molecular weight is 321 g/mol. The molecule has 0 aromatic heterocycles. The molecule has 0 fully saturated rings. The average Bonchev–Trinajstić information content (AvgIpc) is 2.43. The summed E-state index contributed by atoms with van der Waals surface area (Å²) in [5.41, 5.74) is 1.93. The SMILES string of the molecule is C=C(C(O)Cc1ccccc1)C(CC)O[Si](C)(C)C(C)(C)C. The Morgan fingerprint density at radius 3 is 2.23 bits per heavy atom. The first-order valence-corrected chi connectivity index (χ1v) is 11.1. The van der Waals surface area contributed by atoms with Crippen molar-refractivity contribution in [3.63, 3.8) is 0 Å². The molecule has 0 spiro atoms. The van der Waals surface area contributed by atoms with Crippen LogP contribution >= 0.6 is 0 Å². The van der Waals surface area contributed by atoms with Crippen molar-refractivity contribution in [2.45, 2.75) is 70.9 Å². The molecule has 1 aromatic rings. The summed E-state index contributed by atoms with van der Waals surface area (Å²) in [6.07, 6.45) is 0.811. The van der Waals surface area contributed by atoms with Gasteiger partial charge in [0.2, 0.25) is 0 Å². The summed E-state index contributed by atoms with van der Waals surface area (Å²) >= 11 is 0. The Morgan fingerprint density at radius 1 is 1.23 bits per heavy atom. The van der Waals surface area contributed by atoms with Gasteiger partial charge in [-0.05, 0) is 35.7 Å². The first kappa shape index (κ1) is 19.1. The van der Waals surface area contributed by atoms with Gasteiger partial charge in [0.25, 0.3) is 0 Å². The van der Waals surface area contributed by atoms with Gasteiger partial charge in [0.1, 0.15) is 0 Å². The van der Waals surface area contributed by atoms with Crippen LogP contribution in [0.15, 0.2) is 42.5 Å². The van der Waals surface area contributed by atoms with Gasteiger partial charge in [0, 0.05) is 6.42 Å². The summed E-state index contributed by atoms with van der Waals surface area (Å²) < 4.78 is 6.45. The number of aliphatic hydroxyl groups is 1. The predicted octanol–water partition coefficient (Wildman–Crippen LogP) is 4.95. The smallest absolute Gasteiger partial charge is 0.192 e. The topological polar surface area (TPSA) is 29.5 Å². The summed E-state index contributed by atoms with van der Waals surface area (Å²) in [5, 5.41) is 10.7. The van der Waals surface area contributed by atoms with Crippen LogP contribution in [0.1, 0.15) is 39.7 Å². The maximum absolute atomic E-state index is 10.5. The standard InChI is InChI=1S/C19H32O2Si/c1-8-18(21-22(6,7)19(3,4)5)15(2)17(20)14-16-12-10-9-11-13-16/h9-13,17-18,20H,2,8,14H2,1,3-7H3. The van der Waals surface area contributed by atoms with Crippen LogP contribution < -0.4 is 0 Å². The zero-order valence-corrected chi connectivity index (χ0v) is 16.0. The molecule has 3 heteroatoms. The molecule has 0 radical (unpaired) electrons. The van der Waals surface area contributed by atoms with Crippen molar-refractivity contribution in [3.8, 4) is 0 Å². The molecule has 0 aliphatic carbocycles. The third-order valence-corrected chi connectivity index (χ3v) is 9.21. The lowest BCUT2D eigenvalue weighted by atomic mass is 9.98. The lowest BCUT2D eigenvalue weighted by molar-refractivity contribution is 0.146. The second-order valence-electron chi connectivity index (χ2n) is 7.56. The minimum atomic E-state index is -1.86. The molecule has 0 aliphatic rings. The third-order valence-electron chi connectivity index (χ3n) is 4.73. The highest BCUT2D eigenvalue weighted by Gasteiger charge is 2.39. The molecule has 22 heavy (non-hydrogen) atoms. The number of hydrogen-bond acceptors (Lipinski definition) is 2. The molecule has 1 aromatic carbocycles. The number of rotatable bonds is 7. The van der Waals surface area contributed by atoms with E-state index in [0.29, 0.717) is 6.42 Å². The number of aliphatic hydroxyl groups excluding tert-OH is 1. The van der Waals surface area contributed by atoms with Crippen LogP contribution in [-0.4, -0.2) is 25.6 Å². The summed E-state index contributed by atoms with van der Waals surface area (Å²) in [5.74, 6) is 0. The second-order valence-corrected chi connectivity index (χ2v) is 12.3. The quantitative estimate of drug-likeness (QED) is 0.569. The van der Waals surface area contributed by atoms with Gasteiger partial charge in [-0.1, -0.05) is 64.6 Å². The fourth-order valence-corrected chi connectivity index (χ4v) is 3.52.